The molecule has 30 heavy (non-hydrogen) atoms. The van der Waals surface area contributed by atoms with Crippen LogP contribution in [0.2, 0.25) is 0 Å². The zero-order chi connectivity index (χ0) is 22.3. The van der Waals surface area contributed by atoms with Crippen LogP contribution in [0.5, 0.6) is 0 Å². The van der Waals surface area contributed by atoms with Crippen molar-refractivity contribution in [3.8, 4) is 11.8 Å². The Labute approximate surface area is 173 Å². The molecule has 1 aliphatic rings. The Bertz CT molecular complexity index is 989. The minimum absolute atomic E-state index is 0.000921. The van der Waals surface area contributed by atoms with Crippen LogP contribution in [0.25, 0.3) is 11.0 Å². The Balaban J connectivity index is 0.00000155. The maximum Gasteiger partial charge on any atom is 0.263 e. The lowest BCUT2D eigenvalue weighted by molar-refractivity contribution is -0.123. The molecule has 1 amide bonds. The summed E-state index contributed by atoms with van der Waals surface area (Å²) in [6.07, 6.45) is 0.0711. The molecule has 1 fully saturated rings. The minimum atomic E-state index is -0.732. The van der Waals surface area contributed by atoms with Crippen LogP contribution in [0.4, 0.5) is 5.95 Å². The minimum Gasteiger partial charge on any atom is -0.390 e. The smallest absolute Gasteiger partial charge is 0.263 e. The Morgan fingerprint density at radius 2 is 2.27 bits per heavy atom. The van der Waals surface area contributed by atoms with Crippen LogP contribution in [0.3, 0.4) is 0 Å². The number of ether oxygens (including phenoxy) is 2. The molecule has 0 aromatic carbocycles. The Hall–Kier alpha value is -2.91. The summed E-state index contributed by atoms with van der Waals surface area (Å²) in [4.78, 5) is 30.1. The van der Waals surface area contributed by atoms with E-state index in [-0.39, 0.29) is 36.6 Å². The van der Waals surface area contributed by atoms with Crippen LogP contribution in [0, 0.1) is 11.8 Å². The van der Waals surface area contributed by atoms with Crippen molar-refractivity contribution in [1.82, 2.24) is 19.9 Å². The number of nitrogens with one attached hydrogen (secondary N) is 2. The number of hydrogen-bond acceptors (Lipinski definition) is 8. The van der Waals surface area contributed by atoms with Crippen molar-refractivity contribution in [2.75, 3.05) is 32.6 Å². The highest BCUT2D eigenvalue weighted by Gasteiger charge is 2.36. The van der Waals surface area contributed by atoms with Gasteiger partial charge in [-0.05, 0) is 0 Å². The van der Waals surface area contributed by atoms with E-state index >= 15 is 0 Å². The second-order valence-corrected chi connectivity index (χ2v) is 6.22. The molecule has 0 aliphatic carbocycles. The Morgan fingerprint density at radius 1 is 1.53 bits per heavy atom. The van der Waals surface area contributed by atoms with Gasteiger partial charge < -0.3 is 35.3 Å². The summed E-state index contributed by atoms with van der Waals surface area (Å²) >= 11 is 0. The molecule has 6 N–H and O–H groups in total. The molecule has 2 aromatic rings. The molecule has 1 aliphatic heterocycles. The first-order valence-electron chi connectivity index (χ1n) is 9.53. The maximum absolute atomic E-state index is 12.4. The number of amides is 1. The zero-order valence-corrected chi connectivity index (χ0v) is 17.1. The third kappa shape index (κ3) is 5.17. The van der Waals surface area contributed by atoms with E-state index in [0.717, 1.165) is 0 Å². The molecule has 3 atom stereocenters. The van der Waals surface area contributed by atoms with E-state index < -0.39 is 36.5 Å². The van der Waals surface area contributed by atoms with Gasteiger partial charge in [0.2, 0.25) is 11.9 Å². The summed E-state index contributed by atoms with van der Waals surface area (Å²) in [6.45, 7) is 3.60. The van der Waals surface area contributed by atoms with E-state index in [0.29, 0.717) is 5.56 Å². The van der Waals surface area contributed by atoms with Gasteiger partial charge in [-0.15, -0.1) is 0 Å². The average Bonchev–Trinajstić information content (AvgIpc) is 3.27. The first-order valence-corrected chi connectivity index (χ1v) is 9.53. The van der Waals surface area contributed by atoms with Gasteiger partial charge in [0.15, 0.2) is 5.65 Å². The van der Waals surface area contributed by atoms with Crippen LogP contribution >= 0.6 is 0 Å². The number of methoxy groups -OCH3 is 1. The quantitative estimate of drug-likeness (QED) is 0.387. The number of nitrogen functional groups attached to an aromatic ring is 1. The number of nitrogens with two attached hydrogens (primary N) is 1. The SMILES string of the molecule is CC.COCC1OC(n2cc(C#CCNC(=O)CO)c3c(=O)[nH]c(N)nc32)CC1O. The second-order valence-electron chi connectivity index (χ2n) is 6.22. The van der Waals surface area contributed by atoms with Crippen molar-refractivity contribution >= 4 is 22.9 Å². The number of aliphatic hydroxyl groups is 2. The number of nitrogens with zero attached hydrogens (tertiary/aromatic N) is 2. The number of hydrogen-bond donors (Lipinski definition) is 5. The fraction of sp³-hybridized carbons (Fsp3) is 0.526. The van der Waals surface area contributed by atoms with Crippen molar-refractivity contribution in [3.05, 3.63) is 22.1 Å². The van der Waals surface area contributed by atoms with Crippen molar-refractivity contribution in [2.45, 2.75) is 38.7 Å². The highest BCUT2D eigenvalue weighted by molar-refractivity contribution is 5.84. The molecule has 3 rings (SSSR count). The van der Waals surface area contributed by atoms with E-state index in [2.05, 4.69) is 27.1 Å². The number of carbonyl (C=O) groups is 1. The molecule has 0 spiro atoms. The van der Waals surface area contributed by atoms with Gasteiger partial charge in [0.05, 0.1) is 30.2 Å². The fourth-order valence-electron chi connectivity index (χ4n) is 3.03. The number of aliphatic hydroxyl groups excluding tert-OH is 2. The highest BCUT2D eigenvalue weighted by Crippen LogP contribution is 2.32. The topological polar surface area (TPSA) is 165 Å². The normalized spacial score (nSPS) is 20.2. The average molecular weight is 421 g/mol. The van der Waals surface area contributed by atoms with Gasteiger partial charge in [-0.1, -0.05) is 25.7 Å². The number of carbonyl (C=O) groups excluding carboxylic acids is 1. The molecule has 0 bridgehead atoms. The number of H-pyrrole nitrogens is 1. The van der Waals surface area contributed by atoms with Crippen molar-refractivity contribution < 1.29 is 24.5 Å². The second kappa shape index (κ2) is 10.7. The lowest BCUT2D eigenvalue weighted by Crippen LogP contribution is -2.26. The van der Waals surface area contributed by atoms with Crippen molar-refractivity contribution in [2.24, 2.45) is 0 Å². The zero-order valence-electron chi connectivity index (χ0n) is 17.1. The lowest BCUT2D eigenvalue weighted by atomic mass is 10.2. The first kappa shape index (κ1) is 23.4. The van der Waals surface area contributed by atoms with Crippen LogP contribution in [0.15, 0.2) is 11.0 Å². The van der Waals surface area contributed by atoms with Crippen LogP contribution in [-0.2, 0) is 14.3 Å². The van der Waals surface area contributed by atoms with Crippen molar-refractivity contribution in [1.29, 1.82) is 0 Å². The van der Waals surface area contributed by atoms with E-state index in [9.17, 15) is 14.7 Å². The van der Waals surface area contributed by atoms with Gasteiger partial charge in [0, 0.05) is 19.7 Å². The molecule has 1 saturated heterocycles. The monoisotopic (exact) mass is 421 g/mol. The van der Waals surface area contributed by atoms with E-state index in [1.165, 1.54) is 7.11 Å². The molecule has 164 valence electrons. The Morgan fingerprint density at radius 3 is 2.93 bits per heavy atom. The highest BCUT2D eigenvalue weighted by atomic mass is 16.6. The molecular formula is C19H27N5O6. The molecule has 2 aromatic heterocycles. The summed E-state index contributed by atoms with van der Waals surface area (Å²) in [6, 6.07) is 0. The predicted octanol–water partition coefficient (Wildman–Crippen LogP) is -0.912. The maximum atomic E-state index is 12.4. The largest absolute Gasteiger partial charge is 0.390 e. The molecule has 11 heteroatoms. The first-order chi connectivity index (χ1) is 14.4. The molecule has 3 heterocycles. The van der Waals surface area contributed by atoms with Crippen LogP contribution in [0.1, 0.15) is 32.1 Å². The van der Waals surface area contributed by atoms with E-state index in [1.807, 2.05) is 13.8 Å². The molecule has 0 saturated carbocycles. The Kier molecular flexibility index (Phi) is 8.37. The summed E-state index contributed by atoms with van der Waals surface area (Å²) in [5.41, 5.74) is 5.86. The van der Waals surface area contributed by atoms with Gasteiger partial charge in [0.1, 0.15) is 18.9 Å². The number of anilines is 1. The number of rotatable bonds is 5. The standard InChI is InChI=1S/C17H21N5O6.C2H6/c1-27-8-11-10(24)5-13(28-11)22-6-9(3-2-4-19-12(25)7-23)14-15(22)20-17(18)21-16(14)26;1-2/h6,10-11,13,23-24H,4-5,7-8H2,1H3,(H,19,25)(H3,18,20,21,26);1-2H3. The third-order valence-corrected chi connectivity index (χ3v) is 4.29. The summed E-state index contributed by atoms with van der Waals surface area (Å²) in [7, 11) is 1.51. The van der Waals surface area contributed by atoms with Gasteiger partial charge in [-0.25, -0.2) is 0 Å². The molecule has 3 unspecified atom stereocenters. The van der Waals surface area contributed by atoms with Crippen LogP contribution < -0.4 is 16.6 Å². The van der Waals surface area contributed by atoms with Crippen molar-refractivity contribution in [3.63, 3.8) is 0 Å². The number of aromatic amines is 1. The summed E-state index contributed by atoms with van der Waals surface area (Å²) in [5, 5.41) is 21.5. The van der Waals surface area contributed by atoms with Gasteiger partial charge in [0.25, 0.3) is 5.56 Å². The summed E-state index contributed by atoms with van der Waals surface area (Å²) in [5.74, 6) is 4.91. The van der Waals surface area contributed by atoms with E-state index in [1.54, 1.807) is 10.8 Å². The summed E-state index contributed by atoms with van der Waals surface area (Å²) < 4.78 is 12.5. The molecule has 11 nitrogen and oxygen atoms in total. The predicted molar refractivity (Wildman–Crippen MR) is 109 cm³/mol. The lowest BCUT2D eigenvalue weighted by Gasteiger charge is -2.15. The molecular weight excluding hydrogens is 394 g/mol. The van der Waals surface area contributed by atoms with Gasteiger partial charge >= 0.3 is 0 Å². The van der Waals surface area contributed by atoms with Crippen LogP contribution in [-0.4, -0.2) is 69.7 Å². The fourth-order valence-corrected chi connectivity index (χ4v) is 3.03. The molecule has 0 radical (unpaired) electrons. The number of fused-ring (bicyclic) bond motifs is 1. The third-order valence-electron chi connectivity index (χ3n) is 4.29. The number of aromatic nitrogens is 3. The van der Waals surface area contributed by atoms with Gasteiger partial charge in [-0.3, -0.25) is 14.6 Å². The van der Waals surface area contributed by atoms with E-state index in [4.69, 9.17) is 20.3 Å². The van der Waals surface area contributed by atoms with Gasteiger partial charge in [-0.2, -0.15) is 4.98 Å².